The van der Waals surface area contributed by atoms with Crippen LogP contribution >= 0.6 is 11.6 Å². The van der Waals surface area contributed by atoms with Crippen LogP contribution in [0.15, 0.2) is 18.2 Å². The Kier molecular flexibility index (Phi) is 4.26. The van der Waals surface area contributed by atoms with E-state index in [2.05, 4.69) is 6.92 Å². The van der Waals surface area contributed by atoms with Crippen molar-refractivity contribution in [1.29, 1.82) is 0 Å². The first-order valence-electron chi connectivity index (χ1n) is 6.61. The summed E-state index contributed by atoms with van der Waals surface area (Å²) in [6, 6.07) is 4.34. The molecule has 0 amide bonds. The van der Waals surface area contributed by atoms with Crippen molar-refractivity contribution >= 4 is 17.4 Å². The molecule has 0 heterocycles. The fourth-order valence-electron chi connectivity index (χ4n) is 2.54. The monoisotopic (exact) mass is 284 g/mol. The Hall–Kier alpha value is -0.930. The van der Waals surface area contributed by atoms with E-state index in [1.54, 1.807) is 6.07 Å². The van der Waals surface area contributed by atoms with Crippen LogP contribution in [0.5, 0.6) is 0 Å². The second kappa shape index (κ2) is 5.59. The number of carbonyl (C=O) groups excluding carboxylic acids is 1. The number of hydrogen-bond acceptors (Lipinski definition) is 2. The summed E-state index contributed by atoms with van der Waals surface area (Å²) in [7, 11) is 0. The number of benzene rings is 1. The minimum absolute atomic E-state index is 0.142. The third-order valence-electron chi connectivity index (χ3n) is 4.02. The molecule has 2 nitrogen and oxygen atoms in total. The van der Waals surface area contributed by atoms with Crippen molar-refractivity contribution in [3.8, 4) is 0 Å². The summed E-state index contributed by atoms with van der Waals surface area (Å²) in [5.41, 5.74) is -1.13. The maximum atomic E-state index is 13.6. The lowest BCUT2D eigenvalue weighted by atomic mass is 9.76. The first-order valence-corrected chi connectivity index (χ1v) is 6.99. The average molecular weight is 285 g/mol. The lowest BCUT2D eigenvalue weighted by Crippen LogP contribution is -2.42. The molecule has 0 unspecified atom stereocenters. The zero-order chi connectivity index (χ0) is 14.0. The molecule has 0 radical (unpaired) electrons. The predicted molar refractivity (Wildman–Crippen MR) is 72.7 cm³/mol. The molecular formula is C15H18ClFO2. The molecule has 1 N–H and O–H groups in total. The van der Waals surface area contributed by atoms with E-state index in [1.807, 2.05) is 0 Å². The van der Waals surface area contributed by atoms with Crippen molar-refractivity contribution in [2.24, 2.45) is 5.92 Å². The summed E-state index contributed by atoms with van der Waals surface area (Å²) >= 11 is 5.91. The molecule has 0 saturated heterocycles. The maximum absolute atomic E-state index is 13.6. The Labute approximate surface area is 117 Å². The Bertz CT molecular complexity index is 459. The first kappa shape index (κ1) is 14.5. The van der Waals surface area contributed by atoms with Crippen molar-refractivity contribution < 1.29 is 14.3 Å². The quantitative estimate of drug-likeness (QED) is 0.922. The Morgan fingerprint density at radius 1 is 1.47 bits per heavy atom. The predicted octanol–water partition coefficient (Wildman–Crippen LogP) is 3.53. The van der Waals surface area contributed by atoms with Crippen LogP contribution in [-0.4, -0.2) is 16.5 Å². The van der Waals surface area contributed by atoms with Gasteiger partial charge in [-0.2, -0.15) is 0 Å². The van der Waals surface area contributed by atoms with Crippen molar-refractivity contribution in [3.05, 3.63) is 34.6 Å². The lowest BCUT2D eigenvalue weighted by molar-refractivity contribution is -0.140. The molecule has 0 bridgehead atoms. The van der Waals surface area contributed by atoms with E-state index in [0.717, 1.165) is 12.8 Å². The van der Waals surface area contributed by atoms with Crippen molar-refractivity contribution in [2.75, 3.05) is 0 Å². The fourth-order valence-corrected chi connectivity index (χ4v) is 2.77. The van der Waals surface area contributed by atoms with Crippen LogP contribution in [-0.2, 0) is 11.2 Å². The van der Waals surface area contributed by atoms with Crippen molar-refractivity contribution in [2.45, 2.75) is 44.6 Å². The summed E-state index contributed by atoms with van der Waals surface area (Å²) in [5.74, 6) is -0.287. The van der Waals surface area contributed by atoms with Gasteiger partial charge < -0.3 is 5.11 Å². The van der Waals surface area contributed by atoms with E-state index in [-0.39, 0.29) is 22.8 Å². The summed E-state index contributed by atoms with van der Waals surface area (Å²) in [6.45, 7) is 2.11. The van der Waals surface area contributed by atoms with Gasteiger partial charge in [-0.1, -0.05) is 24.6 Å². The fraction of sp³-hybridized carbons (Fsp3) is 0.533. The van der Waals surface area contributed by atoms with Gasteiger partial charge in [0.25, 0.3) is 0 Å². The van der Waals surface area contributed by atoms with E-state index in [0.29, 0.717) is 18.8 Å². The number of aliphatic hydroxyl groups is 1. The smallest absolute Gasteiger partial charge is 0.168 e. The molecular weight excluding hydrogens is 267 g/mol. The van der Waals surface area contributed by atoms with Gasteiger partial charge in [-0.15, -0.1) is 0 Å². The van der Waals surface area contributed by atoms with Crippen LogP contribution in [0.4, 0.5) is 4.39 Å². The van der Waals surface area contributed by atoms with Crippen LogP contribution in [0.25, 0.3) is 0 Å². The van der Waals surface area contributed by atoms with Gasteiger partial charge in [0.05, 0.1) is 0 Å². The Balaban J connectivity index is 2.13. The van der Waals surface area contributed by atoms with Gasteiger partial charge in [0.2, 0.25) is 0 Å². The molecule has 0 aliphatic heterocycles. The molecule has 4 heteroatoms. The van der Waals surface area contributed by atoms with Crippen LogP contribution in [0, 0.1) is 11.7 Å². The van der Waals surface area contributed by atoms with Crippen molar-refractivity contribution in [1.82, 2.24) is 0 Å². The highest BCUT2D eigenvalue weighted by Gasteiger charge is 2.38. The second-order valence-corrected chi connectivity index (χ2v) is 5.92. The molecule has 1 aromatic rings. The molecule has 19 heavy (non-hydrogen) atoms. The first-order chi connectivity index (χ1) is 8.92. The molecule has 1 aliphatic carbocycles. The van der Waals surface area contributed by atoms with Gasteiger partial charge in [0.15, 0.2) is 5.78 Å². The van der Waals surface area contributed by atoms with E-state index < -0.39 is 11.4 Å². The van der Waals surface area contributed by atoms with E-state index in [1.165, 1.54) is 12.1 Å². The molecule has 0 atom stereocenters. The van der Waals surface area contributed by atoms with Gasteiger partial charge in [-0.05, 0) is 43.7 Å². The Morgan fingerprint density at radius 2 is 2.11 bits per heavy atom. The zero-order valence-electron chi connectivity index (χ0n) is 11.0. The lowest BCUT2D eigenvalue weighted by Gasteiger charge is -2.33. The molecule has 1 aromatic carbocycles. The number of Topliss-reactive ketones (excluding diaryl/α,β-unsaturated/α-hetero) is 1. The highest BCUT2D eigenvalue weighted by atomic mass is 35.5. The molecule has 0 spiro atoms. The van der Waals surface area contributed by atoms with Gasteiger partial charge in [0, 0.05) is 17.0 Å². The molecule has 1 aliphatic rings. The summed E-state index contributed by atoms with van der Waals surface area (Å²) in [6.07, 6.45) is 2.43. The van der Waals surface area contributed by atoms with Gasteiger partial charge in [-0.3, -0.25) is 4.79 Å². The summed E-state index contributed by atoms with van der Waals surface area (Å²) in [4.78, 5) is 12.2. The molecule has 1 fully saturated rings. The van der Waals surface area contributed by atoms with Crippen molar-refractivity contribution in [3.63, 3.8) is 0 Å². The zero-order valence-corrected chi connectivity index (χ0v) is 11.7. The van der Waals surface area contributed by atoms with Crippen LogP contribution in [0.3, 0.4) is 0 Å². The van der Waals surface area contributed by atoms with Crippen LogP contribution in [0.1, 0.15) is 38.2 Å². The van der Waals surface area contributed by atoms with Gasteiger partial charge >= 0.3 is 0 Å². The third kappa shape index (κ3) is 3.15. The minimum atomic E-state index is -1.31. The molecule has 104 valence electrons. The van der Waals surface area contributed by atoms with E-state index in [9.17, 15) is 14.3 Å². The SMILES string of the molecule is CC1CCC(O)(C(=O)Cc2c(F)cccc2Cl)CC1. The average Bonchev–Trinajstić information content (AvgIpc) is 2.37. The highest BCUT2D eigenvalue weighted by molar-refractivity contribution is 6.31. The second-order valence-electron chi connectivity index (χ2n) is 5.51. The van der Waals surface area contributed by atoms with E-state index in [4.69, 9.17) is 11.6 Å². The molecule has 0 aromatic heterocycles. The summed E-state index contributed by atoms with van der Waals surface area (Å²) in [5, 5.41) is 10.6. The van der Waals surface area contributed by atoms with Gasteiger partial charge in [-0.25, -0.2) is 4.39 Å². The molecule has 2 rings (SSSR count). The molecule has 1 saturated carbocycles. The Morgan fingerprint density at radius 3 is 2.68 bits per heavy atom. The largest absolute Gasteiger partial charge is 0.382 e. The number of carbonyl (C=O) groups is 1. The number of hydrogen-bond donors (Lipinski definition) is 1. The van der Waals surface area contributed by atoms with E-state index >= 15 is 0 Å². The topological polar surface area (TPSA) is 37.3 Å². The van der Waals surface area contributed by atoms with Crippen LogP contribution < -0.4 is 0 Å². The number of ketones is 1. The number of rotatable bonds is 3. The van der Waals surface area contributed by atoms with Gasteiger partial charge in [0.1, 0.15) is 11.4 Å². The maximum Gasteiger partial charge on any atom is 0.168 e. The standard InChI is InChI=1S/C15H18ClFO2/c1-10-5-7-15(19,8-6-10)14(18)9-11-12(16)3-2-4-13(11)17/h2-4,10,19H,5-9H2,1H3. The highest BCUT2D eigenvalue weighted by Crippen LogP contribution is 2.34. The third-order valence-corrected chi connectivity index (χ3v) is 4.37. The minimum Gasteiger partial charge on any atom is -0.382 e. The van der Waals surface area contributed by atoms with Crippen LogP contribution in [0.2, 0.25) is 5.02 Å². The normalized spacial score (nSPS) is 27.3. The summed E-state index contributed by atoms with van der Waals surface area (Å²) < 4.78 is 13.6. The number of halogens is 2.